The van der Waals surface area contributed by atoms with Crippen molar-refractivity contribution in [3.05, 3.63) is 66.1 Å². The number of pyridine rings is 1. The number of fused-ring (bicyclic) bond motifs is 1. The number of benzene rings is 1. The molecule has 3 heterocycles. The van der Waals surface area contributed by atoms with Crippen LogP contribution in [0.5, 0.6) is 0 Å². The van der Waals surface area contributed by atoms with Crippen molar-refractivity contribution < 1.29 is 13.2 Å². The minimum absolute atomic E-state index is 0.163. The van der Waals surface area contributed by atoms with E-state index in [0.29, 0.717) is 17.2 Å². The van der Waals surface area contributed by atoms with Gasteiger partial charge in [-0.3, -0.25) is 0 Å². The third kappa shape index (κ3) is 2.25. The largest absolute Gasteiger partial charge is 0.342 e. The summed E-state index contributed by atoms with van der Waals surface area (Å²) in [5, 5.41) is 0. The van der Waals surface area contributed by atoms with E-state index in [1.807, 2.05) is 22.7 Å². The van der Waals surface area contributed by atoms with Crippen LogP contribution >= 0.6 is 0 Å². The van der Waals surface area contributed by atoms with Crippen LogP contribution in [0.3, 0.4) is 0 Å². The fourth-order valence-corrected chi connectivity index (χ4v) is 2.67. The Kier molecular flexibility index (Phi) is 3.16. The molecule has 120 valence electrons. The number of aromatic nitrogens is 4. The lowest BCUT2D eigenvalue weighted by Gasteiger charge is -2.05. The first-order valence-electron chi connectivity index (χ1n) is 7.17. The van der Waals surface area contributed by atoms with Crippen LogP contribution < -0.4 is 0 Å². The molecule has 4 aromatic rings. The van der Waals surface area contributed by atoms with Crippen LogP contribution in [0.2, 0.25) is 0 Å². The van der Waals surface area contributed by atoms with Crippen LogP contribution in [-0.4, -0.2) is 19.4 Å². The highest BCUT2D eigenvalue weighted by Gasteiger charge is 2.18. The molecule has 0 unspecified atom stereocenters. The molecule has 4 rings (SSSR count). The summed E-state index contributed by atoms with van der Waals surface area (Å²) in [7, 11) is 0. The Morgan fingerprint density at radius 2 is 1.79 bits per heavy atom. The average molecular weight is 328 g/mol. The van der Waals surface area contributed by atoms with Gasteiger partial charge < -0.3 is 9.38 Å². The van der Waals surface area contributed by atoms with Crippen molar-refractivity contribution in [3.63, 3.8) is 0 Å². The molecule has 0 aliphatic rings. The fourth-order valence-electron chi connectivity index (χ4n) is 2.67. The Morgan fingerprint density at radius 1 is 1.04 bits per heavy atom. The van der Waals surface area contributed by atoms with Crippen molar-refractivity contribution in [2.75, 3.05) is 0 Å². The van der Waals surface area contributed by atoms with E-state index in [1.165, 1.54) is 0 Å². The Hall–Kier alpha value is -3.09. The van der Waals surface area contributed by atoms with Crippen LogP contribution in [0.25, 0.3) is 28.2 Å². The van der Waals surface area contributed by atoms with Gasteiger partial charge in [0.2, 0.25) is 0 Å². The Morgan fingerprint density at radius 3 is 2.54 bits per heavy atom. The van der Waals surface area contributed by atoms with Crippen molar-refractivity contribution >= 4 is 5.65 Å². The number of nitrogens with one attached hydrogen (secondary N) is 1. The first-order valence-corrected chi connectivity index (χ1v) is 7.17. The van der Waals surface area contributed by atoms with E-state index in [-0.39, 0.29) is 5.56 Å². The van der Waals surface area contributed by atoms with Crippen molar-refractivity contribution in [2.45, 2.75) is 6.92 Å². The Labute approximate surface area is 134 Å². The molecule has 7 heteroatoms. The summed E-state index contributed by atoms with van der Waals surface area (Å²) in [5.74, 6) is -3.41. The third-order valence-electron chi connectivity index (χ3n) is 3.76. The first-order chi connectivity index (χ1) is 11.5. The monoisotopic (exact) mass is 328 g/mol. The van der Waals surface area contributed by atoms with E-state index in [1.54, 1.807) is 19.3 Å². The molecule has 3 aromatic heterocycles. The van der Waals surface area contributed by atoms with Gasteiger partial charge in [0.05, 0.1) is 11.4 Å². The number of nitrogens with zero attached hydrogens (tertiary/aromatic N) is 3. The summed E-state index contributed by atoms with van der Waals surface area (Å²) < 4.78 is 42.2. The lowest BCUT2D eigenvalue weighted by Crippen LogP contribution is -1.93. The van der Waals surface area contributed by atoms with Crippen molar-refractivity contribution in [1.29, 1.82) is 0 Å². The molecule has 0 aliphatic carbocycles. The molecule has 0 bridgehead atoms. The molecule has 0 aliphatic heterocycles. The molecular weight excluding hydrogens is 317 g/mol. The van der Waals surface area contributed by atoms with Gasteiger partial charge in [-0.25, -0.2) is 23.1 Å². The van der Waals surface area contributed by atoms with E-state index in [9.17, 15) is 13.2 Å². The lowest BCUT2D eigenvalue weighted by molar-refractivity contribution is 0.447. The normalized spacial score (nSPS) is 11.3. The Balaban J connectivity index is 1.92. The number of rotatable bonds is 2. The number of hydrogen-bond acceptors (Lipinski definition) is 2. The van der Waals surface area contributed by atoms with Gasteiger partial charge in [-0.2, -0.15) is 0 Å². The van der Waals surface area contributed by atoms with Gasteiger partial charge in [-0.15, -0.1) is 0 Å². The average Bonchev–Trinajstić information content (AvgIpc) is 3.17. The van der Waals surface area contributed by atoms with Crippen molar-refractivity contribution in [2.24, 2.45) is 0 Å². The second-order valence-corrected chi connectivity index (χ2v) is 5.41. The van der Waals surface area contributed by atoms with Gasteiger partial charge >= 0.3 is 0 Å². The minimum atomic E-state index is -1.49. The summed E-state index contributed by atoms with van der Waals surface area (Å²) in [6.45, 7) is 1.74. The SMILES string of the molecule is Cc1nc(-c2cc(F)c(F)c(F)c2)c(-c2ccc3nccn3c2)[nH]1. The van der Waals surface area contributed by atoms with Gasteiger partial charge in [0.25, 0.3) is 0 Å². The summed E-state index contributed by atoms with van der Waals surface area (Å²) in [5.41, 5.74) is 2.64. The highest BCUT2D eigenvalue weighted by molar-refractivity contribution is 5.78. The molecular formula is C17H11F3N4. The molecule has 4 nitrogen and oxygen atoms in total. The second-order valence-electron chi connectivity index (χ2n) is 5.41. The maximum atomic E-state index is 13.6. The molecule has 1 N–H and O–H groups in total. The van der Waals surface area contributed by atoms with Crippen LogP contribution in [0.4, 0.5) is 13.2 Å². The number of hydrogen-bond donors (Lipinski definition) is 1. The minimum Gasteiger partial charge on any atom is -0.342 e. The van der Waals surface area contributed by atoms with E-state index in [2.05, 4.69) is 15.0 Å². The lowest BCUT2D eigenvalue weighted by atomic mass is 10.1. The molecule has 0 spiro atoms. The zero-order valence-electron chi connectivity index (χ0n) is 12.5. The van der Waals surface area contributed by atoms with Crippen LogP contribution in [0.15, 0.2) is 42.9 Å². The van der Waals surface area contributed by atoms with E-state index in [0.717, 1.165) is 23.3 Å². The Bertz CT molecular complexity index is 1040. The van der Waals surface area contributed by atoms with Crippen molar-refractivity contribution in [1.82, 2.24) is 19.4 Å². The van der Waals surface area contributed by atoms with Gasteiger partial charge in [0, 0.05) is 29.7 Å². The van der Waals surface area contributed by atoms with Crippen LogP contribution in [0.1, 0.15) is 5.82 Å². The second kappa shape index (κ2) is 5.23. The topological polar surface area (TPSA) is 46.0 Å². The number of aryl methyl sites for hydroxylation is 1. The van der Waals surface area contributed by atoms with Gasteiger partial charge in [0.1, 0.15) is 11.5 Å². The number of halogens is 3. The summed E-state index contributed by atoms with van der Waals surface area (Å²) >= 11 is 0. The molecule has 0 amide bonds. The predicted molar refractivity (Wildman–Crippen MR) is 82.8 cm³/mol. The highest BCUT2D eigenvalue weighted by Crippen LogP contribution is 2.31. The molecule has 0 radical (unpaired) electrons. The van der Waals surface area contributed by atoms with E-state index < -0.39 is 17.5 Å². The van der Waals surface area contributed by atoms with Crippen LogP contribution in [0, 0.1) is 24.4 Å². The third-order valence-corrected chi connectivity index (χ3v) is 3.76. The van der Waals surface area contributed by atoms with Crippen molar-refractivity contribution in [3.8, 4) is 22.5 Å². The highest BCUT2D eigenvalue weighted by atomic mass is 19.2. The molecule has 1 aromatic carbocycles. The molecule has 0 saturated heterocycles. The predicted octanol–water partition coefficient (Wildman–Crippen LogP) is 4.12. The summed E-state index contributed by atoms with van der Waals surface area (Å²) in [6, 6.07) is 5.52. The summed E-state index contributed by atoms with van der Waals surface area (Å²) in [6.07, 6.45) is 5.29. The molecule has 0 atom stereocenters. The summed E-state index contributed by atoms with van der Waals surface area (Å²) in [4.78, 5) is 11.6. The zero-order valence-corrected chi connectivity index (χ0v) is 12.5. The quantitative estimate of drug-likeness (QED) is 0.563. The van der Waals surface area contributed by atoms with E-state index in [4.69, 9.17) is 0 Å². The van der Waals surface area contributed by atoms with Gasteiger partial charge in [-0.1, -0.05) is 0 Å². The maximum Gasteiger partial charge on any atom is 0.194 e. The van der Waals surface area contributed by atoms with Gasteiger partial charge in [-0.05, 0) is 31.2 Å². The first kappa shape index (κ1) is 14.5. The van der Waals surface area contributed by atoms with Crippen LogP contribution in [-0.2, 0) is 0 Å². The van der Waals surface area contributed by atoms with Gasteiger partial charge in [0.15, 0.2) is 17.5 Å². The molecule has 0 fully saturated rings. The smallest absolute Gasteiger partial charge is 0.194 e. The fraction of sp³-hybridized carbons (Fsp3) is 0.0588. The molecule has 24 heavy (non-hydrogen) atoms. The van der Waals surface area contributed by atoms with E-state index >= 15 is 0 Å². The molecule has 0 saturated carbocycles. The maximum absolute atomic E-state index is 13.6. The number of aromatic amines is 1. The standard InChI is InChI=1S/C17H11F3N4/c1-9-22-16(10-2-3-14-21-4-5-24(14)8-10)17(23-9)11-6-12(18)15(20)13(19)7-11/h2-8H,1H3,(H,22,23). The number of H-pyrrole nitrogens is 1. The number of imidazole rings is 2. The zero-order chi connectivity index (χ0) is 16.8.